The van der Waals surface area contributed by atoms with Crippen LogP contribution in [0.1, 0.15) is 29.4 Å². The highest BCUT2D eigenvalue weighted by atomic mass is 79.9. The van der Waals surface area contributed by atoms with Crippen molar-refractivity contribution in [1.29, 1.82) is 0 Å². The van der Waals surface area contributed by atoms with E-state index in [0.29, 0.717) is 12.6 Å². The smallest absolute Gasteiger partial charge is 0.270 e. The van der Waals surface area contributed by atoms with Gasteiger partial charge in [-0.3, -0.25) is 4.79 Å². The van der Waals surface area contributed by atoms with Crippen LogP contribution in [-0.4, -0.2) is 29.0 Å². The lowest BCUT2D eigenvalue weighted by Gasteiger charge is -2.16. The second-order valence-corrected chi connectivity index (χ2v) is 5.07. The zero-order valence-corrected chi connectivity index (χ0v) is 10.9. The van der Waals surface area contributed by atoms with Gasteiger partial charge in [0.25, 0.3) is 5.91 Å². The summed E-state index contributed by atoms with van der Waals surface area (Å²) in [6, 6.07) is 2.41. The van der Waals surface area contributed by atoms with Gasteiger partial charge >= 0.3 is 0 Å². The molecule has 1 saturated carbocycles. The van der Waals surface area contributed by atoms with Crippen LogP contribution in [0.15, 0.2) is 29.4 Å². The number of likely N-dealkylation sites (N-methyl/N-ethyl adjacent to an activating group) is 1. The Hall–Kier alpha value is -1.03. The quantitative estimate of drug-likeness (QED) is 0.780. The monoisotopic (exact) mass is 282 g/mol. The maximum absolute atomic E-state index is 12.1. The summed E-state index contributed by atoms with van der Waals surface area (Å²) in [6.07, 6.45) is 6.07. The Morgan fingerprint density at radius 3 is 3.00 bits per heavy atom. The molecule has 0 bridgehead atoms. The Balaban J connectivity index is 2.24. The van der Waals surface area contributed by atoms with Gasteiger partial charge in [-0.15, -0.1) is 6.58 Å². The molecule has 1 aliphatic carbocycles. The van der Waals surface area contributed by atoms with Gasteiger partial charge in [0.1, 0.15) is 5.69 Å². The fourth-order valence-electron chi connectivity index (χ4n) is 1.74. The third-order valence-corrected chi connectivity index (χ3v) is 3.16. The third-order valence-electron chi connectivity index (χ3n) is 2.72. The van der Waals surface area contributed by atoms with Gasteiger partial charge < -0.3 is 9.47 Å². The Morgan fingerprint density at radius 2 is 2.44 bits per heavy atom. The van der Waals surface area contributed by atoms with Crippen molar-refractivity contribution in [3.05, 3.63) is 35.1 Å². The van der Waals surface area contributed by atoms with Gasteiger partial charge in [0.15, 0.2) is 0 Å². The summed E-state index contributed by atoms with van der Waals surface area (Å²) in [5.74, 6) is 0.0532. The van der Waals surface area contributed by atoms with Crippen LogP contribution >= 0.6 is 15.9 Å². The van der Waals surface area contributed by atoms with Crippen LogP contribution in [-0.2, 0) is 0 Å². The minimum Gasteiger partial charge on any atom is -0.339 e. The Bertz CT molecular complexity index is 421. The molecule has 3 nitrogen and oxygen atoms in total. The highest BCUT2D eigenvalue weighted by Crippen LogP contribution is 2.37. The van der Waals surface area contributed by atoms with Crippen LogP contribution in [0.5, 0.6) is 0 Å². The highest BCUT2D eigenvalue weighted by Gasteiger charge is 2.28. The van der Waals surface area contributed by atoms with Crippen LogP contribution in [0.4, 0.5) is 0 Å². The molecular weight excluding hydrogens is 268 g/mol. The van der Waals surface area contributed by atoms with Crippen molar-refractivity contribution in [3.8, 4) is 0 Å². The number of rotatable bonds is 4. The van der Waals surface area contributed by atoms with E-state index in [1.807, 2.05) is 12.3 Å². The maximum atomic E-state index is 12.1. The van der Waals surface area contributed by atoms with Crippen LogP contribution in [0.25, 0.3) is 0 Å². The fraction of sp³-hybridized carbons (Fsp3) is 0.417. The van der Waals surface area contributed by atoms with Gasteiger partial charge in [0, 0.05) is 30.3 Å². The molecule has 1 amide bonds. The van der Waals surface area contributed by atoms with Gasteiger partial charge in [0.05, 0.1) is 0 Å². The summed E-state index contributed by atoms with van der Waals surface area (Å²) in [5, 5.41) is 0. The molecule has 0 radical (unpaired) electrons. The van der Waals surface area contributed by atoms with E-state index in [-0.39, 0.29) is 5.91 Å². The summed E-state index contributed by atoms with van der Waals surface area (Å²) in [7, 11) is 1.79. The lowest BCUT2D eigenvalue weighted by molar-refractivity contribution is 0.0799. The number of hydrogen-bond acceptors (Lipinski definition) is 1. The number of carbonyl (C=O) groups excluding carboxylic acids is 1. The number of carbonyl (C=O) groups is 1. The number of nitrogens with zero attached hydrogens (tertiary/aromatic N) is 2. The summed E-state index contributed by atoms with van der Waals surface area (Å²) in [5.41, 5.74) is 0.763. The number of aromatic nitrogens is 1. The van der Waals surface area contributed by atoms with Gasteiger partial charge in [0.2, 0.25) is 0 Å². The molecule has 0 aliphatic heterocycles. The number of hydrogen-bond donors (Lipinski definition) is 0. The number of halogens is 1. The second-order valence-electron chi connectivity index (χ2n) is 4.16. The molecule has 1 heterocycles. The zero-order valence-electron chi connectivity index (χ0n) is 9.32. The van der Waals surface area contributed by atoms with Crippen molar-refractivity contribution in [2.45, 2.75) is 18.9 Å². The minimum absolute atomic E-state index is 0.0532. The first kappa shape index (κ1) is 11.5. The Labute approximate surface area is 104 Å². The first-order valence-electron chi connectivity index (χ1n) is 5.37. The average Bonchev–Trinajstić information content (AvgIpc) is 3.01. The molecule has 4 heteroatoms. The lowest BCUT2D eigenvalue weighted by Crippen LogP contribution is -2.28. The Morgan fingerprint density at radius 1 is 1.75 bits per heavy atom. The SMILES string of the molecule is C=CCN(C)C(=O)c1cc(Br)cn1C1CC1. The molecule has 1 fully saturated rings. The van der Waals surface area contributed by atoms with Gasteiger partial charge in [-0.2, -0.15) is 0 Å². The van der Waals surface area contributed by atoms with Crippen molar-refractivity contribution in [2.24, 2.45) is 0 Å². The summed E-state index contributed by atoms with van der Waals surface area (Å²) in [6.45, 7) is 4.22. The average molecular weight is 283 g/mol. The van der Waals surface area contributed by atoms with E-state index in [1.54, 1.807) is 18.0 Å². The standard InChI is InChI=1S/C12H15BrN2O/c1-3-6-14(2)12(16)11-7-9(13)8-15(11)10-4-5-10/h3,7-8,10H,1,4-6H2,2H3. The third kappa shape index (κ3) is 2.21. The van der Waals surface area contributed by atoms with Crippen LogP contribution in [0, 0.1) is 0 Å². The van der Waals surface area contributed by atoms with E-state index in [2.05, 4.69) is 27.1 Å². The number of amides is 1. The minimum atomic E-state index is 0.0532. The molecule has 1 aliphatic rings. The van der Waals surface area contributed by atoms with E-state index < -0.39 is 0 Å². The molecule has 0 saturated heterocycles. The normalized spacial score (nSPS) is 14.9. The van der Waals surface area contributed by atoms with E-state index in [9.17, 15) is 4.79 Å². The topological polar surface area (TPSA) is 25.2 Å². The molecule has 16 heavy (non-hydrogen) atoms. The van der Waals surface area contributed by atoms with Crippen LogP contribution in [0.3, 0.4) is 0 Å². The van der Waals surface area contributed by atoms with E-state index >= 15 is 0 Å². The first-order chi connectivity index (χ1) is 7.63. The molecule has 0 atom stereocenters. The lowest BCUT2D eigenvalue weighted by atomic mass is 10.3. The highest BCUT2D eigenvalue weighted by molar-refractivity contribution is 9.10. The summed E-state index contributed by atoms with van der Waals surface area (Å²) in [4.78, 5) is 13.8. The molecule has 0 N–H and O–H groups in total. The molecule has 0 unspecified atom stereocenters. The molecule has 86 valence electrons. The predicted molar refractivity (Wildman–Crippen MR) is 67.6 cm³/mol. The molecular formula is C12H15BrN2O. The van der Waals surface area contributed by atoms with Gasteiger partial charge in [-0.25, -0.2) is 0 Å². The van der Waals surface area contributed by atoms with E-state index in [0.717, 1.165) is 10.2 Å². The molecule has 2 rings (SSSR count). The van der Waals surface area contributed by atoms with Gasteiger partial charge in [-0.1, -0.05) is 6.08 Å². The van der Waals surface area contributed by atoms with Crippen molar-refractivity contribution in [2.75, 3.05) is 13.6 Å². The largest absolute Gasteiger partial charge is 0.339 e. The predicted octanol–water partition coefficient (Wildman–Crippen LogP) is 2.84. The van der Waals surface area contributed by atoms with E-state index in [1.165, 1.54) is 12.8 Å². The second kappa shape index (κ2) is 4.45. The van der Waals surface area contributed by atoms with Crippen molar-refractivity contribution in [1.82, 2.24) is 9.47 Å². The van der Waals surface area contributed by atoms with Crippen molar-refractivity contribution < 1.29 is 4.79 Å². The summed E-state index contributed by atoms with van der Waals surface area (Å²) >= 11 is 3.42. The van der Waals surface area contributed by atoms with Crippen LogP contribution < -0.4 is 0 Å². The van der Waals surface area contributed by atoms with Gasteiger partial charge in [-0.05, 0) is 34.8 Å². The molecule has 1 aromatic heterocycles. The first-order valence-corrected chi connectivity index (χ1v) is 6.16. The maximum Gasteiger partial charge on any atom is 0.270 e. The zero-order chi connectivity index (χ0) is 11.7. The van der Waals surface area contributed by atoms with Crippen molar-refractivity contribution >= 4 is 21.8 Å². The van der Waals surface area contributed by atoms with Crippen molar-refractivity contribution in [3.63, 3.8) is 0 Å². The van der Waals surface area contributed by atoms with E-state index in [4.69, 9.17) is 0 Å². The van der Waals surface area contributed by atoms with Crippen LogP contribution in [0.2, 0.25) is 0 Å². The molecule has 0 aromatic carbocycles. The summed E-state index contributed by atoms with van der Waals surface area (Å²) < 4.78 is 3.04. The molecule has 1 aromatic rings. The Kier molecular flexibility index (Phi) is 3.19. The molecule has 0 spiro atoms. The fourth-order valence-corrected chi connectivity index (χ4v) is 2.18.